The maximum absolute atomic E-state index is 13.1. The van der Waals surface area contributed by atoms with Gasteiger partial charge in [0.05, 0.1) is 17.6 Å². The van der Waals surface area contributed by atoms with Gasteiger partial charge >= 0.3 is 0 Å². The second-order valence-corrected chi connectivity index (χ2v) is 8.82. The Kier molecular flexibility index (Phi) is 5.07. The molecule has 160 valence electrons. The number of hydrogen-bond acceptors (Lipinski definition) is 5. The molecule has 3 heterocycles. The molecule has 0 saturated carbocycles. The highest BCUT2D eigenvalue weighted by Gasteiger charge is 2.20. The zero-order chi connectivity index (χ0) is 22.2. The topological polar surface area (TPSA) is 72.5 Å². The van der Waals surface area contributed by atoms with Crippen molar-refractivity contribution in [2.24, 2.45) is 7.05 Å². The molecule has 32 heavy (non-hydrogen) atoms. The van der Waals surface area contributed by atoms with Crippen LogP contribution in [0.4, 0.5) is 0 Å². The lowest BCUT2D eigenvalue weighted by Gasteiger charge is -2.16. The van der Waals surface area contributed by atoms with E-state index < -0.39 is 0 Å². The van der Waals surface area contributed by atoms with E-state index in [2.05, 4.69) is 9.97 Å². The van der Waals surface area contributed by atoms with E-state index in [1.807, 2.05) is 66.2 Å². The highest BCUT2D eigenvalue weighted by atomic mass is 32.1. The molecule has 0 aliphatic carbocycles. The van der Waals surface area contributed by atoms with Crippen LogP contribution in [0.1, 0.15) is 26.6 Å². The van der Waals surface area contributed by atoms with Crippen molar-refractivity contribution in [2.45, 2.75) is 13.0 Å². The molecule has 0 bridgehead atoms. The first-order valence-electron chi connectivity index (χ1n) is 10.2. The van der Waals surface area contributed by atoms with Crippen LogP contribution in [0.25, 0.3) is 16.0 Å². The summed E-state index contributed by atoms with van der Waals surface area (Å²) in [5.74, 6) is 0.372. The quantitative estimate of drug-likeness (QED) is 0.417. The fraction of sp³-hybridized carbons (Fsp3) is 0.167. The van der Waals surface area contributed by atoms with Crippen LogP contribution in [-0.4, -0.2) is 36.8 Å². The summed E-state index contributed by atoms with van der Waals surface area (Å²) in [5, 5.41) is 0. The number of carbonyl (C=O) groups excluding carboxylic acids is 1. The molecule has 0 unspecified atom stereocenters. The van der Waals surface area contributed by atoms with Gasteiger partial charge in [0.2, 0.25) is 0 Å². The molecule has 0 saturated heterocycles. The number of nitrogens with zero attached hydrogens (tertiary/aromatic N) is 5. The zero-order valence-electron chi connectivity index (χ0n) is 17.7. The molecule has 0 atom stereocenters. The number of amides is 1. The molecule has 2 aromatic carbocycles. The van der Waals surface area contributed by atoms with Crippen LogP contribution in [0.3, 0.4) is 0 Å². The number of carbonyl (C=O) groups is 1. The predicted molar refractivity (Wildman–Crippen MR) is 125 cm³/mol. The maximum atomic E-state index is 13.1. The Labute approximate surface area is 188 Å². The molecule has 5 aromatic rings. The molecule has 3 aromatic heterocycles. The van der Waals surface area contributed by atoms with E-state index in [-0.39, 0.29) is 23.6 Å². The Balaban J connectivity index is 1.41. The summed E-state index contributed by atoms with van der Waals surface area (Å²) in [6.07, 6.45) is 3.88. The average molecular weight is 444 g/mol. The Morgan fingerprint density at radius 1 is 1.09 bits per heavy atom. The summed E-state index contributed by atoms with van der Waals surface area (Å²) in [6, 6.07) is 17.9. The first-order valence-corrected chi connectivity index (χ1v) is 11.0. The third kappa shape index (κ3) is 3.58. The lowest BCUT2D eigenvalue weighted by atomic mass is 10.1. The number of imidazole rings is 1. The van der Waals surface area contributed by atoms with E-state index in [4.69, 9.17) is 0 Å². The standard InChI is InChI=1S/C24H21N5O2S/c1-27(15-21-26-19-10-6-7-11-20(19)28(21)2)22(30)18-13-25-24-29(23(18)31)14-17(32-24)12-16-8-4-3-5-9-16/h3-11,13-14H,12,15H2,1-2H3. The molecule has 7 nitrogen and oxygen atoms in total. The van der Waals surface area contributed by atoms with E-state index in [0.717, 1.165) is 27.3 Å². The van der Waals surface area contributed by atoms with Crippen LogP contribution in [0.5, 0.6) is 0 Å². The normalized spacial score (nSPS) is 11.3. The number of hydrogen-bond donors (Lipinski definition) is 0. The van der Waals surface area contributed by atoms with Gasteiger partial charge in [-0.25, -0.2) is 9.97 Å². The van der Waals surface area contributed by atoms with E-state index in [9.17, 15) is 9.59 Å². The highest BCUT2D eigenvalue weighted by molar-refractivity contribution is 7.17. The van der Waals surface area contributed by atoms with Gasteiger partial charge in [0, 0.05) is 37.8 Å². The van der Waals surface area contributed by atoms with Crippen LogP contribution in [0.2, 0.25) is 0 Å². The van der Waals surface area contributed by atoms with Crippen LogP contribution in [0, 0.1) is 0 Å². The fourth-order valence-corrected chi connectivity index (χ4v) is 4.75. The van der Waals surface area contributed by atoms with E-state index in [1.165, 1.54) is 26.8 Å². The van der Waals surface area contributed by atoms with Crippen molar-refractivity contribution in [1.29, 1.82) is 0 Å². The van der Waals surface area contributed by atoms with Gasteiger partial charge in [-0.05, 0) is 17.7 Å². The lowest BCUT2D eigenvalue weighted by molar-refractivity contribution is 0.0778. The average Bonchev–Trinajstić information content (AvgIpc) is 3.35. The predicted octanol–water partition coefficient (Wildman–Crippen LogP) is 3.51. The molecule has 0 fully saturated rings. The van der Waals surface area contributed by atoms with Crippen molar-refractivity contribution in [3.8, 4) is 0 Å². The van der Waals surface area contributed by atoms with Crippen LogP contribution in [-0.2, 0) is 20.0 Å². The van der Waals surface area contributed by atoms with Gasteiger partial charge < -0.3 is 9.47 Å². The Bertz CT molecular complexity index is 1500. The minimum atomic E-state index is -0.375. The van der Waals surface area contributed by atoms with Crippen molar-refractivity contribution >= 4 is 33.2 Å². The van der Waals surface area contributed by atoms with Gasteiger partial charge in [-0.15, -0.1) is 11.3 Å². The van der Waals surface area contributed by atoms with E-state index in [0.29, 0.717) is 11.4 Å². The third-order valence-electron chi connectivity index (χ3n) is 5.51. The Hall–Kier alpha value is -3.78. The molecule has 0 radical (unpaired) electrons. The third-order valence-corrected chi connectivity index (χ3v) is 6.51. The first-order chi connectivity index (χ1) is 15.5. The number of para-hydroxylation sites is 2. The molecule has 1 amide bonds. The second-order valence-electron chi connectivity index (χ2n) is 7.73. The lowest BCUT2D eigenvalue weighted by Crippen LogP contribution is -2.33. The molecular weight excluding hydrogens is 422 g/mol. The minimum Gasteiger partial charge on any atom is -0.334 e. The van der Waals surface area contributed by atoms with Crippen LogP contribution in [0.15, 0.2) is 71.8 Å². The van der Waals surface area contributed by atoms with Gasteiger partial charge in [-0.3, -0.25) is 14.0 Å². The molecular formula is C24H21N5O2S. The summed E-state index contributed by atoms with van der Waals surface area (Å²) in [5.41, 5.74) is 2.72. The molecule has 0 aliphatic rings. The van der Waals surface area contributed by atoms with Crippen molar-refractivity contribution in [2.75, 3.05) is 7.05 Å². The zero-order valence-corrected chi connectivity index (χ0v) is 18.5. The highest BCUT2D eigenvalue weighted by Crippen LogP contribution is 2.19. The van der Waals surface area contributed by atoms with Crippen molar-refractivity contribution in [3.63, 3.8) is 0 Å². The Morgan fingerprint density at radius 2 is 1.84 bits per heavy atom. The van der Waals surface area contributed by atoms with Gasteiger partial charge in [-0.1, -0.05) is 42.5 Å². The number of rotatable bonds is 5. The summed E-state index contributed by atoms with van der Waals surface area (Å²) in [4.78, 5) is 38.2. The molecule has 8 heteroatoms. The largest absolute Gasteiger partial charge is 0.334 e. The SMILES string of the molecule is CN(Cc1nc2ccccc2n1C)C(=O)c1cnc2sc(Cc3ccccc3)cn2c1=O. The molecule has 0 N–H and O–H groups in total. The molecule has 0 spiro atoms. The van der Waals surface area contributed by atoms with Gasteiger partial charge in [0.15, 0.2) is 4.96 Å². The second kappa shape index (κ2) is 8.05. The summed E-state index contributed by atoms with van der Waals surface area (Å²) in [7, 11) is 3.59. The van der Waals surface area contributed by atoms with Crippen LogP contribution < -0.4 is 5.56 Å². The fourth-order valence-electron chi connectivity index (χ4n) is 3.78. The number of fused-ring (bicyclic) bond motifs is 2. The first kappa shape index (κ1) is 20.1. The Morgan fingerprint density at radius 3 is 2.62 bits per heavy atom. The number of aryl methyl sites for hydroxylation is 1. The number of thiazole rings is 1. The van der Waals surface area contributed by atoms with Gasteiger partial charge in [0.25, 0.3) is 11.5 Å². The summed E-state index contributed by atoms with van der Waals surface area (Å²) < 4.78 is 3.43. The molecule has 0 aliphatic heterocycles. The maximum Gasteiger partial charge on any atom is 0.271 e. The summed E-state index contributed by atoms with van der Waals surface area (Å²) in [6.45, 7) is 0.287. The van der Waals surface area contributed by atoms with E-state index >= 15 is 0 Å². The summed E-state index contributed by atoms with van der Waals surface area (Å²) >= 11 is 1.46. The van der Waals surface area contributed by atoms with Crippen LogP contribution >= 0.6 is 11.3 Å². The monoisotopic (exact) mass is 443 g/mol. The number of aromatic nitrogens is 4. The van der Waals surface area contributed by atoms with Crippen molar-refractivity contribution in [3.05, 3.63) is 99.2 Å². The van der Waals surface area contributed by atoms with Crippen molar-refractivity contribution < 1.29 is 4.79 Å². The molecule has 5 rings (SSSR count). The van der Waals surface area contributed by atoms with Gasteiger partial charge in [-0.2, -0.15) is 0 Å². The number of benzene rings is 2. The van der Waals surface area contributed by atoms with E-state index in [1.54, 1.807) is 13.2 Å². The smallest absolute Gasteiger partial charge is 0.271 e. The van der Waals surface area contributed by atoms with Gasteiger partial charge in [0.1, 0.15) is 11.4 Å². The van der Waals surface area contributed by atoms with Crippen molar-refractivity contribution in [1.82, 2.24) is 23.8 Å². The minimum absolute atomic E-state index is 0.0489.